The molecule has 1 saturated carbocycles. The first-order valence-corrected chi connectivity index (χ1v) is 7.58. The van der Waals surface area contributed by atoms with E-state index >= 15 is 0 Å². The van der Waals surface area contributed by atoms with Crippen molar-refractivity contribution in [2.45, 2.75) is 25.2 Å². The minimum atomic E-state index is 0.535. The second kappa shape index (κ2) is 5.63. The lowest BCUT2D eigenvalue weighted by Crippen LogP contribution is -2.08. The predicted octanol–water partition coefficient (Wildman–Crippen LogP) is 5.36. The molecule has 2 aromatic rings. The van der Waals surface area contributed by atoms with E-state index in [0.29, 0.717) is 15.9 Å². The van der Waals surface area contributed by atoms with Gasteiger partial charge in [-0.2, -0.15) is 0 Å². The molecule has 104 valence electrons. The molecule has 0 amide bonds. The standard InChI is InChI=1S/C16H16Cl2N2/c1-19-16-14(18)9-13(17)15(20-16)12-7-5-11(6-8-12)10-3-2-4-10/h5-10H,2-4H2,1H3,(H,19,20). The van der Waals surface area contributed by atoms with Crippen LogP contribution in [0.3, 0.4) is 0 Å². The molecule has 0 bridgehead atoms. The van der Waals surface area contributed by atoms with E-state index in [9.17, 15) is 0 Å². The number of hydrogen-bond acceptors (Lipinski definition) is 2. The Morgan fingerprint density at radius 2 is 1.80 bits per heavy atom. The number of anilines is 1. The van der Waals surface area contributed by atoms with E-state index < -0.39 is 0 Å². The van der Waals surface area contributed by atoms with Crippen LogP contribution < -0.4 is 5.32 Å². The SMILES string of the molecule is CNc1nc(-c2ccc(C3CCC3)cc2)c(Cl)cc1Cl. The summed E-state index contributed by atoms with van der Waals surface area (Å²) in [7, 11) is 1.80. The third-order valence-corrected chi connectivity index (χ3v) is 4.50. The highest BCUT2D eigenvalue weighted by molar-refractivity contribution is 6.37. The highest BCUT2D eigenvalue weighted by Crippen LogP contribution is 2.38. The van der Waals surface area contributed by atoms with E-state index in [1.807, 2.05) is 0 Å². The lowest BCUT2D eigenvalue weighted by Gasteiger charge is -2.25. The number of benzene rings is 1. The Morgan fingerprint density at radius 3 is 2.35 bits per heavy atom. The fraction of sp³-hybridized carbons (Fsp3) is 0.312. The second-order valence-corrected chi connectivity index (χ2v) is 5.96. The summed E-state index contributed by atoms with van der Waals surface area (Å²) in [6.45, 7) is 0. The number of halogens is 2. The fourth-order valence-electron chi connectivity index (χ4n) is 2.50. The van der Waals surface area contributed by atoms with E-state index in [1.165, 1.54) is 24.8 Å². The quantitative estimate of drug-likeness (QED) is 0.825. The summed E-state index contributed by atoms with van der Waals surface area (Å²) in [5.74, 6) is 1.39. The molecule has 0 radical (unpaired) electrons. The Hall–Kier alpha value is -1.25. The number of pyridine rings is 1. The maximum atomic E-state index is 6.26. The number of nitrogens with one attached hydrogen (secondary N) is 1. The zero-order valence-corrected chi connectivity index (χ0v) is 12.8. The normalized spacial score (nSPS) is 14.9. The highest BCUT2D eigenvalue weighted by atomic mass is 35.5. The molecule has 1 aromatic heterocycles. The van der Waals surface area contributed by atoms with Crippen molar-refractivity contribution in [2.24, 2.45) is 0 Å². The molecule has 0 unspecified atom stereocenters. The van der Waals surface area contributed by atoms with Crippen LogP contribution in [0.1, 0.15) is 30.7 Å². The summed E-state index contributed by atoms with van der Waals surface area (Å²) < 4.78 is 0. The molecular formula is C16H16Cl2N2. The van der Waals surface area contributed by atoms with Crippen LogP contribution in [0.4, 0.5) is 5.82 Å². The molecule has 4 heteroatoms. The van der Waals surface area contributed by atoms with Gasteiger partial charge in [-0.25, -0.2) is 4.98 Å². The molecule has 0 saturated heterocycles. The third-order valence-electron chi connectivity index (χ3n) is 3.93. The molecule has 1 aliphatic carbocycles. The van der Waals surface area contributed by atoms with Gasteiger partial charge in [0.05, 0.1) is 15.7 Å². The summed E-state index contributed by atoms with van der Waals surface area (Å²) in [6, 6.07) is 10.3. The summed E-state index contributed by atoms with van der Waals surface area (Å²) >= 11 is 12.3. The maximum absolute atomic E-state index is 6.26. The molecule has 3 rings (SSSR count). The number of nitrogens with zero attached hydrogens (tertiary/aromatic N) is 1. The van der Waals surface area contributed by atoms with E-state index in [1.54, 1.807) is 13.1 Å². The van der Waals surface area contributed by atoms with Crippen molar-refractivity contribution in [3.8, 4) is 11.3 Å². The van der Waals surface area contributed by atoms with Gasteiger partial charge in [-0.3, -0.25) is 0 Å². The van der Waals surface area contributed by atoms with Crippen molar-refractivity contribution in [1.82, 2.24) is 4.98 Å². The van der Waals surface area contributed by atoms with Crippen LogP contribution in [-0.4, -0.2) is 12.0 Å². The molecular weight excluding hydrogens is 291 g/mol. The van der Waals surface area contributed by atoms with Gasteiger partial charge in [0, 0.05) is 12.6 Å². The smallest absolute Gasteiger partial charge is 0.145 e. The summed E-state index contributed by atoms with van der Waals surface area (Å²) in [5, 5.41) is 4.09. The van der Waals surface area contributed by atoms with Crippen molar-refractivity contribution >= 4 is 29.0 Å². The Bertz CT molecular complexity index is 619. The predicted molar refractivity (Wildman–Crippen MR) is 85.8 cm³/mol. The van der Waals surface area contributed by atoms with Gasteiger partial charge in [0.25, 0.3) is 0 Å². The Morgan fingerprint density at radius 1 is 1.10 bits per heavy atom. The van der Waals surface area contributed by atoms with Gasteiger partial charge < -0.3 is 5.32 Å². The van der Waals surface area contributed by atoms with Crippen molar-refractivity contribution < 1.29 is 0 Å². The van der Waals surface area contributed by atoms with Crippen LogP contribution in [0.15, 0.2) is 30.3 Å². The van der Waals surface area contributed by atoms with Crippen LogP contribution in [-0.2, 0) is 0 Å². The Labute approximate surface area is 129 Å². The Balaban J connectivity index is 1.95. The first-order chi connectivity index (χ1) is 9.69. The molecule has 2 nitrogen and oxygen atoms in total. The van der Waals surface area contributed by atoms with Crippen molar-refractivity contribution in [3.63, 3.8) is 0 Å². The maximum Gasteiger partial charge on any atom is 0.145 e. The fourth-order valence-corrected chi connectivity index (χ4v) is 3.06. The Kier molecular flexibility index (Phi) is 3.86. The molecule has 0 atom stereocenters. The average molecular weight is 307 g/mol. The van der Waals surface area contributed by atoms with Gasteiger partial charge in [-0.15, -0.1) is 0 Å². The zero-order chi connectivity index (χ0) is 14.1. The van der Waals surface area contributed by atoms with Crippen LogP contribution in [0.2, 0.25) is 10.0 Å². The van der Waals surface area contributed by atoms with E-state index in [-0.39, 0.29) is 0 Å². The number of hydrogen-bond donors (Lipinski definition) is 1. The third kappa shape index (κ3) is 2.50. The molecule has 0 aliphatic heterocycles. The first-order valence-electron chi connectivity index (χ1n) is 6.83. The monoisotopic (exact) mass is 306 g/mol. The average Bonchev–Trinajstić information content (AvgIpc) is 2.38. The molecule has 1 fully saturated rings. The highest BCUT2D eigenvalue weighted by Gasteiger charge is 2.19. The van der Waals surface area contributed by atoms with Gasteiger partial charge in [0.1, 0.15) is 5.82 Å². The summed E-state index contributed by atoms with van der Waals surface area (Å²) in [5.41, 5.74) is 3.20. The van der Waals surface area contributed by atoms with E-state index in [4.69, 9.17) is 23.2 Å². The molecule has 1 heterocycles. The molecule has 0 spiro atoms. The van der Waals surface area contributed by atoms with Crippen molar-refractivity contribution in [3.05, 3.63) is 45.9 Å². The van der Waals surface area contributed by atoms with E-state index in [2.05, 4.69) is 34.6 Å². The van der Waals surface area contributed by atoms with Gasteiger partial charge >= 0.3 is 0 Å². The van der Waals surface area contributed by atoms with Gasteiger partial charge in [-0.1, -0.05) is 53.9 Å². The number of rotatable bonds is 3. The summed E-state index contributed by atoms with van der Waals surface area (Å²) in [6.07, 6.45) is 3.97. The first kappa shape index (κ1) is 13.7. The van der Waals surface area contributed by atoms with Crippen molar-refractivity contribution in [2.75, 3.05) is 12.4 Å². The van der Waals surface area contributed by atoms with Crippen LogP contribution >= 0.6 is 23.2 Å². The molecule has 1 N–H and O–H groups in total. The molecule has 20 heavy (non-hydrogen) atoms. The minimum Gasteiger partial charge on any atom is -0.372 e. The van der Waals surface area contributed by atoms with Gasteiger partial charge in [0.2, 0.25) is 0 Å². The largest absolute Gasteiger partial charge is 0.372 e. The van der Waals surface area contributed by atoms with E-state index in [0.717, 1.165) is 17.2 Å². The topological polar surface area (TPSA) is 24.9 Å². The van der Waals surface area contributed by atoms with Crippen LogP contribution in [0, 0.1) is 0 Å². The zero-order valence-electron chi connectivity index (χ0n) is 11.3. The minimum absolute atomic E-state index is 0.535. The summed E-state index contributed by atoms with van der Waals surface area (Å²) in [4.78, 5) is 4.49. The number of aromatic nitrogens is 1. The van der Waals surface area contributed by atoms with Crippen molar-refractivity contribution in [1.29, 1.82) is 0 Å². The lowest BCUT2D eigenvalue weighted by atomic mass is 9.80. The van der Waals surface area contributed by atoms with Crippen LogP contribution in [0.5, 0.6) is 0 Å². The molecule has 1 aliphatic rings. The lowest BCUT2D eigenvalue weighted by molar-refractivity contribution is 0.420. The van der Waals surface area contributed by atoms with Crippen LogP contribution in [0.25, 0.3) is 11.3 Å². The molecule has 1 aromatic carbocycles. The second-order valence-electron chi connectivity index (χ2n) is 5.15. The van der Waals surface area contributed by atoms with Gasteiger partial charge in [0.15, 0.2) is 0 Å². The van der Waals surface area contributed by atoms with Gasteiger partial charge in [-0.05, 0) is 30.4 Å².